The number of aromatic hydroxyl groups is 1. The van der Waals surface area contributed by atoms with Crippen LogP contribution in [0.3, 0.4) is 0 Å². The van der Waals surface area contributed by atoms with Gasteiger partial charge in [-0.2, -0.15) is 0 Å². The molecule has 0 unspecified atom stereocenters. The van der Waals surface area contributed by atoms with Crippen molar-refractivity contribution in [3.05, 3.63) is 58.9 Å². The van der Waals surface area contributed by atoms with Crippen LogP contribution in [0.15, 0.2) is 35.2 Å². The molecule has 0 spiro atoms. The molecule has 0 radical (unpaired) electrons. The second kappa shape index (κ2) is 6.86. The zero-order valence-electron chi connectivity index (χ0n) is 14.5. The van der Waals surface area contributed by atoms with Crippen LogP contribution in [0.2, 0.25) is 0 Å². The van der Waals surface area contributed by atoms with Crippen LogP contribution in [0, 0.1) is 6.92 Å². The van der Waals surface area contributed by atoms with Crippen LogP contribution < -0.4 is 0 Å². The molecular formula is C19H20N4O3. The minimum Gasteiger partial charge on any atom is -0.506 e. The maximum Gasteiger partial charge on any atom is 0.195 e. The van der Waals surface area contributed by atoms with Crippen molar-refractivity contribution in [3.8, 4) is 17.3 Å². The van der Waals surface area contributed by atoms with E-state index in [1.165, 1.54) is 0 Å². The summed E-state index contributed by atoms with van der Waals surface area (Å²) in [7, 11) is 0. The Kier molecular flexibility index (Phi) is 4.40. The normalized spacial score (nSPS) is 14.4. The van der Waals surface area contributed by atoms with Crippen molar-refractivity contribution < 1.29 is 14.6 Å². The Labute approximate surface area is 151 Å². The highest BCUT2D eigenvalue weighted by Gasteiger charge is 2.22. The standard InChI is InChI=1S/C19H20N4O3/c1-12-18(25)15(14(11-24)8-20-12)10-23-5-4-16-13(9-23)7-21-19(22-16)17-3-2-6-26-17/h2-3,6-8,24-25H,4-5,9-11H2,1H3. The number of nitrogens with zero attached hydrogens (tertiary/aromatic N) is 4. The number of aliphatic hydroxyl groups is 1. The summed E-state index contributed by atoms with van der Waals surface area (Å²) in [5.74, 6) is 1.43. The van der Waals surface area contributed by atoms with E-state index in [2.05, 4.69) is 19.9 Å². The Bertz CT molecular complexity index is 925. The Hall–Kier alpha value is -2.77. The maximum absolute atomic E-state index is 10.3. The molecule has 0 atom stereocenters. The molecule has 0 saturated carbocycles. The van der Waals surface area contributed by atoms with Gasteiger partial charge in [-0.15, -0.1) is 0 Å². The smallest absolute Gasteiger partial charge is 0.195 e. The first kappa shape index (κ1) is 16.7. The molecule has 3 aromatic rings. The number of aromatic nitrogens is 3. The fourth-order valence-corrected chi connectivity index (χ4v) is 3.25. The summed E-state index contributed by atoms with van der Waals surface area (Å²) < 4.78 is 5.37. The molecule has 7 heteroatoms. The van der Waals surface area contributed by atoms with Gasteiger partial charge >= 0.3 is 0 Å². The van der Waals surface area contributed by atoms with E-state index in [9.17, 15) is 10.2 Å². The van der Waals surface area contributed by atoms with Crippen LogP contribution in [0.5, 0.6) is 5.75 Å². The summed E-state index contributed by atoms with van der Waals surface area (Å²) in [6.45, 7) is 3.67. The molecule has 26 heavy (non-hydrogen) atoms. The number of rotatable bonds is 4. The summed E-state index contributed by atoms with van der Waals surface area (Å²) in [6.07, 6.45) is 5.88. The molecule has 0 bridgehead atoms. The fourth-order valence-electron chi connectivity index (χ4n) is 3.25. The zero-order chi connectivity index (χ0) is 18.1. The zero-order valence-corrected chi connectivity index (χ0v) is 14.5. The molecule has 4 rings (SSSR count). The predicted octanol–water partition coefficient (Wildman–Crippen LogP) is 2.20. The summed E-state index contributed by atoms with van der Waals surface area (Å²) in [6, 6.07) is 3.67. The van der Waals surface area contributed by atoms with Gasteiger partial charge in [0.1, 0.15) is 5.75 Å². The minimum absolute atomic E-state index is 0.143. The van der Waals surface area contributed by atoms with Crippen molar-refractivity contribution in [2.45, 2.75) is 33.0 Å². The summed E-state index contributed by atoms with van der Waals surface area (Å²) in [5, 5.41) is 19.9. The van der Waals surface area contributed by atoms with Crippen LogP contribution in [-0.4, -0.2) is 36.6 Å². The van der Waals surface area contributed by atoms with Crippen LogP contribution in [0.1, 0.15) is 28.1 Å². The fraction of sp³-hybridized carbons (Fsp3) is 0.316. The van der Waals surface area contributed by atoms with E-state index in [1.807, 2.05) is 18.3 Å². The number of furan rings is 1. The van der Waals surface area contributed by atoms with Crippen molar-refractivity contribution in [1.29, 1.82) is 0 Å². The average molecular weight is 352 g/mol. The summed E-state index contributed by atoms with van der Waals surface area (Å²) in [4.78, 5) is 15.4. The van der Waals surface area contributed by atoms with E-state index in [-0.39, 0.29) is 12.4 Å². The van der Waals surface area contributed by atoms with E-state index in [1.54, 1.807) is 19.4 Å². The largest absolute Gasteiger partial charge is 0.506 e. The Morgan fingerprint density at radius 3 is 2.92 bits per heavy atom. The van der Waals surface area contributed by atoms with Gasteiger partial charge in [0.25, 0.3) is 0 Å². The van der Waals surface area contributed by atoms with Gasteiger partial charge in [0.15, 0.2) is 11.6 Å². The molecule has 2 N–H and O–H groups in total. The van der Waals surface area contributed by atoms with Gasteiger partial charge in [0.05, 0.1) is 24.3 Å². The van der Waals surface area contributed by atoms with Gasteiger partial charge in [-0.1, -0.05) is 0 Å². The number of fused-ring (bicyclic) bond motifs is 1. The summed E-state index contributed by atoms with van der Waals surface area (Å²) >= 11 is 0. The highest BCUT2D eigenvalue weighted by atomic mass is 16.3. The second-order valence-corrected chi connectivity index (χ2v) is 6.46. The highest BCUT2D eigenvalue weighted by molar-refractivity contribution is 5.47. The van der Waals surface area contributed by atoms with E-state index in [4.69, 9.17) is 4.42 Å². The van der Waals surface area contributed by atoms with Crippen LogP contribution in [-0.2, 0) is 26.1 Å². The third-order valence-corrected chi connectivity index (χ3v) is 4.74. The van der Waals surface area contributed by atoms with Crippen molar-refractivity contribution in [2.75, 3.05) is 6.54 Å². The van der Waals surface area contributed by atoms with E-state index in [0.717, 1.165) is 29.8 Å². The number of aryl methyl sites for hydroxylation is 1. The third kappa shape index (κ3) is 3.07. The maximum atomic E-state index is 10.3. The van der Waals surface area contributed by atoms with Crippen LogP contribution in [0.25, 0.3) is 11.6 Å². The van der Waals surface area contributed by atoms with Crippen LogP contribution in [0.4, 0.5) is 0 Å². The van der Waals surface area contributed by atoms with E-state index in [0.29, 0.717) is 35.9 Å². The molecule has 134 valence electrons. The highest BCUT2D eigenvalue weighted by Crippen LogP contribution is 2.28. The molecule has 0 aliphatic carbocycles. The topological polar surface area (TPSA) is 95.5 Å². The first-order chi connectivity index (χ1) is 12.7. The minimum atomic E-state index is -0.143. The Morgan fingerprint density at radius 2 is 2.15 bits per heavy atom. The first-order valence-electron chi connectivity index (χ1n) is 8.54. The first-order valence-corrected chi connectivity index (χ1v) is 8.54. The van der Waals surface area contributed by atoms with Crippen molar-refractivity contribution in [2.24, 2.45) is 0 Å². The molecule has 3 aromatic heterocycles. The van der Waals surface area contributed by atoms with Crippen LogP contribution >= 0.6 is 0 Å². The van der Waals surface area contributed by atoms with Crippen molar-refractivity contribution in [3.63, 3.8) is 0 Å². The van der Waals surface area contributed by atoms with Gasteiger partial charge < -0.3 is 14.6 Å². The molecule has 1 aliphatic rings. The lowest BCUT2D eigenvalue weighted by Gasteiger charge is -2.29. The molecule has 4 heterocycles. The lowest BCUT2D eigenvalue weighted by Crippen LogP contribution is -2.31. The summed E-state index contributed by atoms with van der Waals surface area (Å²) in [5.41, 5.74) is 4.06. The van der Waals surface area contributed by atoms with Gasteiger partial charge in [0, 0.05) is 55.1 Å². The van der Waals surface area contributed by atoms with Gasteiger partial charge in [0.2, 0.25) is 0 Å². The number of hydrogen-bond donors (Lipinski definition) is 2. The molecule has 0 fully saturated rings. The number of pyridine rings is 1. The number of hydrogen-bond acceptors (Lipinski definition) is 7. The van der Waals surface area contributed by atoms with E-state index >= 15 is 0 Å². The van der Waals surface area contributed by atoms with Gasteiger partial charge in [-0.3, -0.25) is 9.88 Å². The molecule has 0 amide bonds. The van der Waals surface area contributed by atoms with Crippen molar-refractivity contribution in [1.82, 2.24) is 19.9 Å². The lowest BCUT2D eigenvalue weighted by molar-refractivity contribution is 0.232. The molecule has 0 aromatic carbocycles. The van der Waals surface area contributed by atoms with Crippen molar-refractivity contribution >= 4 is 0 Å². The molecule has 1 aliphatic heterocycles. The average Bonchev–Trinajstić information content (AvgIpc) is 3.20. The third-order valence-electron chi connectivity index (χ3n) is 4.74. The lowest BCUT2D eigenvalue weighted by atomic mass is 10.0. The molecule has 0 saturated heterocycles. The van der Waals surface area contributed by atoms with E-state index < -0.39 is 0 Å². The van der Waals surface area contributed by atoms with Gasteiger partial charge in [-0.25, -0.2) is 9.97 Å². The number of aliphatic hydroxyl groups excluding tert-OH is 1. The Balaban J connectivity index is 1.56. The predicted molar refractivity (Wildman–Crippen MR) is 94.1 cm³/mol. The Morgan fingerprint density at radius 1 is 1.27 bits per heavy atom. The SMILES string of the molecule is Cc1ncc(CO)c(CN2CCc3nc(-c4ccco4)ncc3C2)c1O. The second-order valence-electron chi connectivity index (χ2n) is 6.46. The molecular weight excluding hydrogens is 332 g/mol. The van der Waals surface area contributed by atoms with Gasteiger partial charge in [-0.05, 0) is 19.1 Å². The quantitative estimate of drug-likeness (QED) is 0.743. The molecule has 7 nitrogen and oxygen atoms in total. The monoisotopic (exact) mass is 352 g/mol.